The van der Waals surface area contributed by atoms with Crippen LogP contribution in [0.4, 0.5) is 5.69 Å². The molecule has 1 aromatic rings. The molecule has 1 saturated heterocycles. The first-order valence-corrected chi connectivity index (χ1v) is 7.57. The SMILES string of the molecule is CCOC(=O)c1ccccc1NC(=O)CNC(=O)C1CCCO1. The van der Waals surface area contributed by atoms with Gasteiger partial charge in [-0.1, -0.05) is 12.1 Å². The monoisotopic (exact) mass is 320 g/mol. The zero-order valence-corrected chi connectivity index (χ0v) is 13.0. The number of para-hydroxylation sites is 1. The Morgan fingerprint density at radius 2 is 2.09 bits per heavy atom. The molecule has 1 fully saturated rings. The van der Waals surface area contributed by atoms with Gasteiger partial charge in [-0.2, -0.15) is 0 Å². The second-order valence-corrected chi connectivity index (χ2v) is 5.03. The molecule has 124 valence electrons. The predicted molar refractivity (Wildman–Crippen MR) is 83.0 cm³/mol. The number of benzene rings is 1. The molecule has 0 radical (unpaired) electrons. The summed E-state index contributed by atoms with van der Waals surface area (Å²) in [4.78, 5) is 35.5. The maximum Gasteiger partial charge on any atom is 0.340 e. The van der Waals surface area contributed by atoms with Crippen LogP contribution in [0.5, 0.6) is 0 Å². The van der Waals surface area contributed by atoms with Crippen LogP contribution in [0.3, 0.4) is 0 Å². The fourth-order valence-corrected chi connectivity index (χ4v) is 2.24. The molecule has 2 N–H and O–H groups in total. The highest BCUT2D eigenvalue weighted by Gasteiger charge is 2.23. The molecule has 1 unspecified atom stereocenters. The van der Waals surface area contributed by atoms with Crippen molar-refractivity contribution in [3.63, 3.8) is 0 Å². The van der Waals surface area contributed by atoms with Crippen molar-refractivity contribution in [1.29, 1.82) is 0 Å². The highest BCUT2D eigenvalue weighted by molar-refractivity contribution is 6.02. The van der Waals surface area contributed by atoms with E-state index in [1.165, 1.54) is 0 Å². The fraction of sp³-hybridized carbons (Fsp3) is 0.438. The van der Waals surface area contributed by atoms with Crippen LogP contribution in [0.1, 0.15) is 30.1 Å². The first-order chi connectivity index (χ1) is 11.1. The molecule has 0 aliphatic carbocycles. The molecule has 1 aromatic carbocycles. The summed E-state index contributed by atoms with van der Waals surface area (Å²) in [5, 5.41) is 5.13. The van der Waals surface area contributed by atoms with Gasteiger partial charge < -0.3 is 20.1 Å². The van der Waals surface area contributed by atoms with Gasteiger partial charge in [-0.05, 0) is 31.9 Å². The Labute approximate surface area is 134 Å². The van der Waals surface area contributed by atoms with Crippen molar-refractivity contribution in [2.75, 3.05) is 25.1 Å². The van der Waals surface area contributed by atoms with Crippen molar-refractivity contribution < 1.29 is 23.9 Å². The Morgan fingerprint density at radius 3 is 2.78 bits per heavy atom. The molecule has 1 heterocycles. The third-order valence-corrected chi connectivity index (χ3v) is 3.34. The van der Waals surface area contributed by atoms with Crippen molar-refractivity contribution in [1.82, 2.24) is 5.32 Å². The number of carbonyl (C=O) groups excluding carboxylic acids is 3. The molecule has 1 atom stereocenters. The summed E-state index contributed by atoms with van der Waals surface area (Å²) in [6.45, 7) is 2.34. The first kappa shape index (κ1) is 17.0. The molecule has 7 heteroatoms. The van der Waals surface area contributed by atoms with Crippen LogP contribution in [-0.2, 0) is 19.1 Å². The minimum absolute atomic E-state index is 0.185. The lowest BCUT2D eigenvalue weighted by Crippen LogP contribution is -2.39. The largest absolute Gasteiger partial charge is 0.462 e. The molecule has 0 saturated carbocycles. The van der Waals surface area contributed by atoms with Gasteiger partial charge in [0.25, 0.3) is 0 Å². The smallest absolute Gasteiger partial charge is 0.340 e. The molecule has 1 aliphatic heterocycles. The van der Waals surface area contributed by atoms with E-state index < -0.39 is 18.0 Å². The van der Waals surface area contributed by atoms with Crippen LogP contribution >= 0.6 is 0 Å². The summed E-state index contributed by atoms with van der Waals surface area (Å²) in [6.07, 6.45) is 1.03. The minimum Gasteiger partial charge on any atom is -0.462 e. The number of anilines is 1. The van der Waals surface area contributed by atoms with Gasteiger partial charge in [-0.25, -0.2) is 4.79 Å². The highest BCUT2D eigenvalue weighted by Crippen LogP contribution is 2.16. The van der Waals surface area contributed by atoms with Gasteiger partial charge in [0.2, 0.25) is 11.8 Å². The average Bonchev–Trinajstić information content (AvgIpc) is 3.08. The lowest BCUT2D eigenvalue weighted by molar-refractivity contribution is -0.131. The van der Waals surface area contributed by atoms with Gasteiger partial charge in [-0.15, -0.1) is 0 Å². The number of esters is 1. The topological polar surface area (TPSA) is 93.7 Å². The van der Waals surface area contributed by atoms with Crippen LogP contribution in [0.15, 0.2) is 24.3 Å². The molecule has 1 aliphatic rings. The number of rotatable bonds is 6. The second-order valence-electron chi connectivity index (χ2n) is 5.03. The number of amides is 2. The molecular formula is C16H20N2O5. The van der Waals surface area contributed by atoms with E-state index in [2.05, 4.69) is 10.6 Å². The number of ether oxygens (including phenoxy) is 2. The number of nitrogens with one attached hydrogen (secondary N) is 2. The predicted octanol–water partition coefficient (Wildman–Crippen LogP) is 1.10. The number of hydrogen-bond donors (Lipinski definition) is 2. The third kappa shape index (κ3) is 4.79. The van der Waals surface area contributed by atoms with Gasteiger partial charge in [0.1, 0.15) is 6.10 Å². The Hall–Kier alpha value is -2.41. The maximum absolute atomic E-state index is 11.9. The molecule has 0 spiro atoms. The molecule has 2 rings (SSSR count). The molecule has 0 bridgehead atoms. The Balaban J connectivity index is 1.90. The summed E-state index contributed by atoms with van der Waals surface area (Å²) in [5.74, 6) is -1.23. The van der Waals surface area contributed by atoms with Crippen LogP contribution in [0.2, 0.25) is 0 Å². The van der Waals surface area contributed by atoms with E-state index in [1.807, 2.05) is 0 Å². The quantitative estimate of drug-likeness (QED) is 0.766. The standard InChI is InChI=1S/C16H20N2O5/c1-2-22-16(21)11-6-3-4-7-12(11)18-14(19)10-17-15(20)13-8-5-9-23-13/h3-4,6-7,13H,2,5,8-10H2,1H3,(H,17,20)(H,18,19). The van der Waals surface area contributed by atoms with Crippen LogP contribution in [-0.4, -0.2) is 43.6 Å². The summed E-state index contributed by atoms with van der Waals surface area (Å²) >= 11 is 0. The minimum atomic E-state index is -0.508. The van der Waals surface area contributed by atoms with Crippen molar-refractivity contribution >= 4 is 23.5 Å². The van der Waals surface area contributed by atoms with E-state index in [1.54, 1.807) is 31.2 Å². The van der Waals surface area contributed by atoms with Crippen LogP contribution in [0.25, 0.3) is 0 Å². The summed E-state index contributed by atoms with van der Waals surface area (Å²) in [7, 11) is 0. The Morgan fingerprint density at radius 1 is 1.30 bits per heavy atom. The zero-order chi connectivity index (χ0) is 16.7. The van der Waals surface area contributed by atoms with Gasteiger partial charge in [0.05, 0.1) is 24.4 Å². The lowest BCUT2D eigenvalue weighted by atomic mass is 10.2. The fourth-order valence-electron chi connectivity index (χ4n) is 2.24. The molecule has 2 amide bonds. The Bertz CT molecular complexity index is 582. The van der Waals surface area contributed by atoms with Gasteiger partial charge in [0, 0.05) is 6.61 Å². The van der Waals surface area contributed by atoms with E-state index >= 15 is 0 Å². The molecule has 23 heavy (non-hydrogen) atoms. The van der Waals surface area contributed by atoms with Gasteiger partial charge >= 0.3 is 5.97 Å². The van der Waals surface area contributed by atoms with E-state index in [-0.39, 0.29) is 24.6 Å². The van der Waals surface area contributed by atoms with Crippen molar-refractivity contribution in [3.8, 4) is 0 Å². The van der Waals surface area contributed by atoms with Gasteiger partial charge in [0.15, 0.2) is 0 Å². The molecule has 0 aromatic heterocycles. The molecule has 7 nitrogen and oxygen atoms in total. The van der Waals surface area contributed by atoms with Crippen LogP contribution in [0, 0.1) is 0 Å². The van der Waals surface area contributed by atoms with E-state index in [0.717, 1.165) is 6.42 Å². The van der Waals surface area contributed by atoms with Crippen LogP contribution < -0.4 is 10.6 Å². The lowest BCUT2D eigenvalue weighted by Gasteiger charge is -2.12. The average molecular weight is 320 g/mol. The number of carbonyl (C=O) groups is 3. The highest BCUT2D eigenvalue weighted by atomic mass is 16.5. The third-order valence-electron chi connectivity index (χ3n) is 3.34. The second kappa shape index (κ2) is 8.28. The first-order valence-electron chi connectivity index (χ1n) is 7.57. The normalized spacial score (nSPS) is 16.7. The van der Waals surface area contributed by atoms with Crippen molar-refractivity contribution in [3.05, 3.63) is 29.8 Å². The van der Waals surface area contributed by atoms with E-state index in [9.17, 15) is 14.4 Å². The summed E-state index contributed by atoms with van der Waals surface area (Å²) in [6, 6.07) is 6.55. The summed E-state index contributed by atoms with van der Waals surface area (Å²) in [5.41, 5.74) is 0.621. The van der Waals surface area contributed by atoms with Gasteiger partial charge in [-0.3, -0.25) is 9.59 Å². The van der Waals surface area contributed by atoms with E-state index in [0.29, 0.717) is 18.7 Å². The summed E-state index contributed by atoms with van der Waals surface area (Å²) < 4.78 is 10.2. The van der Waals surface area contributed by atoms with Crippen molar-refractivity contribution in [2.45, 2.75) is 25.9 Å². The zero-order valence-electron chi connectivity index (χ0n) is 13.0. The maximum atomic E-state index is 11.9. The van der Waals surface area contributed by atoms with Crippen molar-refractivity contribution in [2.24, 2.45) is 0 Å². The number of hydrogen-bond acceptors (Lipinski definition) is 5. The molecular weight excluding hydrogens is 300 g/mol. The van der Waals surface area contributed by atoms with E-state index in [4.69, 9.17) is 9.47 Å². The Kier molecular flexibility index (Phi) is 6.10.